The fourth-order valence-electron chi connectivity index (χ4n) is 9.11. The molecule has 0 radical (unpaired) electrons. The summed E-state index contributed by atoms with van der Waals surface area (Å²) in [6.07, 6.45) is 28.0. The summed E-state index contributed by atoms with van der Waals surface area (Å²) >= 11 is -4.96. The van der Waals surface area contributed by atoms with Gasteiger partial charge in [-0.15, -0.1) is 0 Å². The first-order valence-corrected chi connectivity index (χ1v) is 31.2. The molecule has 0 N–H and O–H groups in total. The molecule has 2 aliphatic carbocycles. The van der Waals surface area contributed by atoms with Gasteiger partial charge >= 0.3 is 340 Å². The topological polar surface area (TPSA) is 6.48 Å². The molecule has 304 valence electrons. The zero-order valence-electron chi connectivity index (χ0n) is 35.3. The number of hydrogen-bond donors (Lipinski definition) is 0. The number of hydrogen-bond acceptors (Lipinski definition) is 2. The molecule has 2 aromatic carbocycles. The monoisotopic (exact) mass is 830 g/mol. The van der Waals surface area contributed by atoms with Gasteiger partial charge in [-0.2, -0.15) is 0 Å². The van der Waals surface area contributed by atoms with Crippen molar-refractivity contribution in [1.82, 2.24) is 0 Å². The zero-order chi connectivity index (χ0) is 40.2. The summed E-state index contributed by atoms with van der Waals surface area (Å²) < 4.78 is 74.0. The van der Waals surface area contributed by atoms with Gasteiger partial charge < -0.3 is 0 Å². The Labute approximate surface area is 337 Å². The first-order valence-electron chi connectivity index (χ1n) is 21.6. The molecule has 0 aliphatic heterocycles. The van der Waals surface area contributed by atoms with Crippen molar-refractivity contribution in [2.45, 2.75) is 151 Å². The van der Waals surface area contributed by atoms with Crippen molar-refractivity contribution in [2.75, 3.05) is 22.2 Å². The molecule has 0 fully saturated rings. The Morgan fingerprint density at radius 3 is 1.16 bits per heavy atom. The van der Waals surface area contributed by atoms with E-state index >= 15 is 17.6 Å². The van der Waals surface area contributed by atoms with Crippen LogP contribution in [-0.2, 0) is 16.6 Å². The molecule has 0 amide bonds. The van der Waals surface area contributed by atoms with Gasteiger partial charge in [-0.25, -0.2) is 0 Å². The number of nitrogens with zero attached hydrogens (tertiary/aromatic N) is 2. The number of allylic oxidation sites excluding steroid dienone is 8. The molecule has 0 unspecified atom stereocenters. The molecule has 0 spiro atoms. The number of unbranched alkanes of at least 4 members (excludes halogenated alkanes) is 8. The average Bonchev–Trinajstić information content (AvgIpc) is 3.89. The van der Waals surface area contributed by atoms with Crippen molar-refractivity contribution in [3.63, 3.8) is 0 Å². The predicted octanol–water partition coefficient (Wildman–Crippen LogP) is 14.0. The van der Waals surface area contributed by atoms with Gasteiger partial charge in [0.15, 0.2) is 0 Å². The summed E-state index contributed by atoms with van der Waals surface area (Å²) in [5.74, 6) is -2.63. The fourth-order valence-corrected chi connectivity index (χ4v) is 23.8. The SMILES string of the molecule is CCCCCC[Si](C)(C)N(CCCC)c1ccc(F)[c]([Ti]([c]2c(F)ccc(N(CCCC)[Si](C)(C)CCCCCC)c2F)([CH]2C=CC=C2)[CH]2C=CC=C2)c1F. The molecule has 2 nitrogen and oxygen atoms in total. The van der Waals surface area contributed by atoms with Crippen LogP contribution in [0.3, 0.4) is 0 Å². The number of anilines is 2. The molecule has 55 heavy (non-hydrogen) atoms. The van der Waals surface area contributed by atoms with Crippen LogP contribution in [0.15, 0.2) is 72.9 Å². The third-order valence-corrected chi connectivity index (χ3v) is 27.8. The Balaban J connectivity index is 2.05. The van der Waals surface area contributed by atoms with Crippen LogP contribution >= 0.6 is 0 Å². The molecular weight excluding hydrogens is 761 g/mol. The summed E-state index contributed by atoms with van der Waals surface area (Å²) in [7, 11) is -4.49. The van der Waals surface area contributed by atoms with Gasteiger partial charge in [0.1, 0.15) is 0 Å². The van der Waals surface area contributed by atoms with Gasteiger partial charge in [-0.3, -0.25) is 0 Å². The van der Waals surface area contributed by atoms with Crippen LogP contribution < -0.4 is 16.9 Å². The summed E-state index contributed by atoms with van der Waals surface area (Å²) in [5, 5.41) is 0. The third kappa shape index (κ3) is 10.3. The van der Waals surface area contributed by atoms with E-state index in [9.17, 15) is 0 Å². The van der Waals surface area contributed by atoms with E-state index in [1.165, 1.54) is 25.0 Å². The van der Waals surface area contributed by atoms with E-state index in [1.54, 1.807) is 12.1 Å². The Morgan fingerprint density at radius 1 is 0.491 bits per heavy atom. The minimum absolute atomic E-state index is 0.0664. The molecular formula is C46H70F4N2Si2Ti. The first-order chi connectivity index (χ1) is 26.3. The molecule has 0 aromatic heterocycles. The maximum atomic E-state index is 18.2. The van der Waals surface area contributed by atoms with Crippen LogP contribution in [-0.4, -0.2) is 29.6 Å². The average molecular weight is 831 g/mol. The number of rotatable bonds is 24. The Morgan fingerprint density at radius 2 is 0.836 bits per heavy atom. The summed E-state index contributed by atoms with van der Waals surface area (Å²) in [5.41, 5.74) is 0.789. The summed E-state index contributed by atoms with van der Waals surface area (Å²) in [6.45, 7) is 19.2. The van der Waals surface area contributed by atoms with E-state index in [1.807, 2.05) is 48.6 Å². The van der Waals surface area contributed by atoms with Crippen molar-refractivity contribution in [2.24, 2.45) is 0 Å². The molecule has 2 aliphatic rings. The second kappa shape index (κ2) is 21.0. The quantitative estimate of drug-likeness (QED) is 0.0591. The van der Waals surface area contributed by atoms with Gasteiger partial charge in [-0.1, -0.05) is 0 Å². The van der Waals surface area contributed by atoms with Crippen molar-refractivity contribution in [3.05, 3.63) is 96.1 Å². The second-order valence-corrected chi connectivity index (χ2v) is 32.9. The summed E-state index contributed by atoms with van der Waals surface area (Å²) in [4.78, 5) is 0. The number of halogens is 4. The van der Waals surface area contributed by atoms with E-state index in [-0.39, 0.29) is 7.74 Å². The van der Waals surface area contributed by atoms with Crippen LogP contribution in [0.25, 0.3) is 0 Å². The van der Waals surface area contributed by atoms with E-state index in [0.717, 1.165) is 76.3 Å². The Hall–Kier alpha value is -2.13. The van der Waals surface area contributed by atoms with Crippen molar-refractivity contribution >= 4 is 35.6 Å². The van der Waals surface area contributed by atoms with Crippen LogP contribution in [0.5, 0.6) is 0 Å². The Kier molecular flexibility index (Phi) is 17.4. The molecule has 9 heteroatoms. The molecule has 0 bridgehead atoms. The van der Waals surface area contributed by atoms with Crippen LogP contribution in [0, 0.1) is 23.3 Å². The normalized spacial score (nSPS) is 14.9. The first kappa shape index (κ1) is 45.6. The maximum absolute atomic E-state index is 18.2. The van der Waals surface area contributed by atoms with Gasteiger partial charge in [-0.05, 0) is 0 Å². The van der Waals surface area contributed by atoms with Crippen molar-refractivity contribution < 1.29 is 34.2 Å². The van der Waals surface area contributed by atoms with Gasteiger partial charge in [0.2, 0.25) is 0 Å². The standard InChI is InChI=1S/2C18H30F2NSi.2C5H5.Ti/c2*1-5-7-9-10-14-22(3,4)21(13-8-6-2)18-12-11-16(19)15-17(18)20;2*1-2-4-5-3-1;/h2*11-12H,5-10,13-14H2,1-4H3;2*1-5H;. The van der Waals surface area contributed by atoms with Crippen LogP contribution in [0.2, 0.25) is 46.7 Å². The van der Waals surface area contributed by atoms with Crippen LogP contribution in [0.4, 0.5) is 28.9 Å². The molecule has 0 saturated carbocycles. The molecule has 4 rings (SSSR count). The molecule has 0 atom stereocenters. The number of benzene rings is 2. The molecule has 2 aromatic rings. The van der Waals surface area contributed by atoms with Crippen molar-refractivity contribution in [1.29, 1.82) is 0 Å². The molecule has 0 saturated heterocycles. The summed E-state index contributed by atoms with van der Waals surface area (Å²) in [6, 6.07) is 8.02. The van der Waals surface area contributed by atoms with Gasteiger partial charge in [0, 0.05) is 0 Å². The molecule has 0 heterocycles. The van der Waals surface area contributed by atoms with Gasteiger partial charge in [0.25, 0.3) is 0 Å². The van der Waals surface area contributed by atoms with Crippen LogP contribution in [0.1, 0.15) is 105 Å². The zero-order valence-corrected chi connectivity index (χ0v) is 38.9. The minimum atomic E-state index is -4.96. The predicted molar refractivity (Wildman–Crippen MR) is 233 cm³/mol. The van der Waals surface area contributed by atoms with E-state index in [4.69, 9.17) is 0 Å². The van der Waals surface area contributed by atoms with E-state index in [0.29, 0.717) is 24.5 Å². The van der Waals surface area contributed by atoms with E-state index < -0.39 is 64.8 Å². The third-order valence-electron chi connectivity index (χ3n) is 12.3. The van der Waals surface area contributed by atoms with Gasteiger partial charge in [0.05, 0.1) is 0 Å². The fraction of sp³-hybridized carbons (Fsp3) is 0.565. The van der Waals surface area contributed by atoms with Crippen molar-refractivity contribution in [3.8, 4) is 0 Å². The van der Waals surface area contributed by atoms with E-state index in [2.05, 4.69) is 63.0 Å². The Bertz CT molecular complexity index is 1520. The second-order valence-electron chi connectivity index (χ2n) is 17.2.